The number of hydrogen-bond acceptors (Lipinski definition) is 2. The van der Waals surface area contributed by atoms with Crippen molar-refractivity contribution in [3.63, 3.8) is 0 Å². The fraction of sp³-hybridized carbons (Fsp3) is 0.462. The van der Waals surface area contributed by atoms with E-state index in [0.717, 1.165) is 16.7 Å². The van der Waals surface area contributed by atoms with Gasteiger partial charge in [-0.1, -0.05) is 18.2 Å². The third-order valence-electron chi connectivity index (χ3n) is 2.95. The van der Waals surface area contributed by atoms with Crippen molar-refractivity contribution < 1.29 is 9.90 Å². The first-order valence-corrected chi connectivity index (χ1v) is 5.37. The summed E-state index contributed by atoms with van der Waals surface area (Å²) in [5.41, 5.74) is 3.46. The van der Waals surface area contributed by atoms with Gasteiger partial charge in [0.05, 0.1) is 0 Å². The first-order valence-electron chi connectivity index (χ1n) is 5.37. The quantitative estimate of drug-likeness (QED) is 0.843. The van der Waals surface area contributed by atoms with Crippen molar-refractivity contribution in [3.8, 4) is 0 Å². The number of aliphatic carboxylic acids is 1. The van der Waals surface area contributed by atoms with Gasteiger partial charge in [-0.3, -0.25) is 9.69 Å². The van der Waals surface area contributed by atoms with Crippen LogP contribution in [-0.4, -0.2) is 36.1 Å². The Bertz CT molecular complexity index is 365. The maximum Gasteiger partial charge on any atom is 0.321 e. The molecule has 1 N–H and O–H groups in total. The SMILES string of the molecule is Cc1cccc(C)c1C[C@@H](C(=O)O)N(C)C. The fourth-order valence-corrected chi connectivity index (χ4v) is 1.86. The van der Waals surface area contributed by atoms with E-state index >= 15 is 0 Å². The Morgan fingerprint density at radius 1 is 1.31 bits per heavy atom. The average molecular weight is 221 g/mol. The molecule has 0 aromatic heterocycles. The molecule has 0 unspecified atom stereocenters. The lowest BCUT2D eigenvalue weighted by Gasteiger charge is -2.21. The minimum Gasteiger partial charge on any atom is -0.480 e. The molecule has 3 nitrogen and oxygen atoms in total. The van der Waals surface area contributed by atoms with Gasteiger partial charge < -0.3 is 5.11 Å². The highest BCUT2D eigenvalue weighted by Crippen LogP contribution is 2.16. The van der Waals surface area contributed by atoms with E-state index in [1.807, 2.05) is 32.0 Å². The summed E-state index contributed by atoms with van der Waals surface area (Å²) in [6.45, 7) is 4.05. The fourth-order valence-electron chi connectivity index (χ4n) is 1.86. The van der Waals surface area contributed by atoms with Crippen LogP contribution in [0.25, 0.3) is 0 Å². The number of carboxylic acid groups (broad SMARTS) is 1. The first-order chi connectivity index (χ1) is 7.43. The standard InChI is InChI=1S/C13H19NO2/c1-9-6-5-7-10(2)11(9)8-12(13(15)16)14(3)4/h5-7,12H,8H2,1-4H3,(H,15,16)/t12-/m0/s1. The van der Waals surface area contributed by atoms with Crippen LogP contribution in [0.4, 0.5) is 0 Å². The van der Waals surface area contributed by atoms with E-state index in [1.54, 1.807) is 19.0 Å². The molecule has 0 saturated heterocycles. The topological polar surface area (TPSA) is 40.5 Å². The van der Waals surface area contributed by atoms with Crippen LogP contribution in [0.5, 0.6) is 0 Å². The van der Waals surface area contributed by atoms with Gasteiger partial charge in [-0.05, 0) is 51.1 Å². The van der Waals surface area contributed by atoms with E-state index in [9.17, 15) is 4.79 Å². The summed E-state index contributed by atoms with van der Waals surface area (Å²) in [4.78, 5) is 12.9. The van der Waals surface area contributed by atoms with E-state index < -0.39 is 12.0 Å². The lowest BCUT2D eigenvalue weighted by atomic mass is 9.96. The third kappa shape index (κ3) is 2.83. The number of aryl methyl sites for hydroxylation is 2. The van der Waals surface area contributed by atoms with Crippen molar-refractivity contribution in [2.24, 2.45) is 0 Å². The summed E-state index contributed by atoms with van der Waals surface area (Å²) < 4.78 is 0. The van der Waals surface area contributed by atoms with Crippen molar-refractivity contribution in [3.05, 3.63) is 34.9 Å². The molecule has 0 aliphatic carbocycles. The predicted molar refractivity (Wildman–Crippen MR) is 64.7 cm³/mol. The average Bonchev–Trinajstić information content (AvgIpc) is 2.15. The van der Waals surface area contributed by atoms with E-state index in [1.165, 1.54) is 0 Å². The van der Waals surface area contributed by atoms with Gasteiger partial charge >= 0.3 is 5.97 Å². The summed E-state index contributed by atoms with van der Waals surface area (Å²) in [6, 6.07) is 5.59. The smallest absolute Gasteiger partial charge is 0.321 e. The Balaban J connectivity index is 2.98. The molecule has 0 amide bonds. The molecule has 0 spiro atoms. The Kier molecular flexibility index (Phi) is 4.07. The maximum absolute atomic E-state index is 11.1. The second kappa shape index (κ2) is 5.12. The van der Waals surface area contributed by atoms with E-state index in [4.69, 9.17) is 5.11 Å². The number of nitrogens with zero attached hydrogens (tertiary/aromatic N) is 1. The van der Waals surface area contributed by atoms with Gasteiger partial charge in [0.1, 0.15) is 6.04 Å². The zero-order valence-corrected chi connectivity index (χ0v) is 10.3. The molecule has 1 aromatic rings. The van der Waals surface area contributed by atoms with Crippen molar-refractivity contribution in [1.82, 2.24) is 4.90 Å². The number of rotatable bonds is 4. The molecule has 0 bridgehead atoms. The van der Waals surface area contributed by atoms with Crippen molar-refractivity contribution in [1.29, 1.82) is 0 Å². The Hall–Kier alpha value is -1.35. The van der Waals surface area contributed by atoms with Gasteiger partial charge in [-0.15, -0.1) is 0 Å². The molecule has 3 heteroatoms. The molecule has 1 rings (SSSR count). The minimum absolute atomic E-state index is 0.459. The van der Waals surface area contributed by atoms with E-state index in [2.05, 4.69) is 0 Å². The van der Waals surface area contributed by atoms with Crippen LogP contribution in [0.1, 0.15) is 16.7 Å². The van der Waals surface area contributed by atoms with Crippen LogP contribution in [0.15, 0.2) is 18.2 Å². The summed E-state index contributed by atoms with van der Waals surface area (Å²) in [5.74, 6) is -0.771. The van der Waals surface area contributed by atoms with Crippen LogP contribution >= 0.6 is 0 Å². The molecule has 88 valence electrons. The molecule has 0 saturated carbocycles. The molecule has 0 aliphatic heterocycles. The highest BCUT2D eigenvalue weighted by Gasteiger charge is 2.21. The normalized spacial score (nSPS) is 12.8. The molecular weight excluding hydrogens is 202 g/mol. The first kappa shape index (κ1) is 12.7. The van der Waals surface area contributed by atoms with Crippen molar-refractivity contribution >= 4 is 5.97 Å². The van der Waals surface area contributed by atoms with Crippen LogP contribution < -0.4 is 0 Å². The highest BCUT2D eigenvalue weighted by atomic mass is 16.4. The molecule has 1 aromatic carbocycles. The maximum atomic E-state index is 11.1. The second-order valence-electron chi connectivity index (χ2n) is 4.39. The largest absolute Gasteiger partial charge is 0.480 e. The number of benzene rings is 1. The molecule has 16 heavy (non-hydrogen) atoms. The summed E-state index contributed by atoms with van der Waals surface area (Å²) in [5, 5.41) is 9.15. The molecule has 0 aliphatic rings. The predicted octanol–water partition coefficient (Wildman–Crippen LogP) is 1.86. The number of carboxylic acids is 1. The van der Waals surface area contributed by atoms with Gasteiger partial charge in [0.15, 0.2) is 0 Å². The number of likely N-dealkylation sites (N-methyl/N-ethyl adjacent to an activating group) is 1. The molecule has 0 fully saturated rings. The zero-order chi connectivity index (χ0) is 12.3. The van der Waals surface area contributed by atoms with Gasteiger partial charge in [0, 0.05) is 0 Å². The zero-order valence-electron chi connectivity index (χ0n) is 10.3. The lowest BCUT2D eigenvalue weighted by Crippen LogP contribution is -2.37. The van der Waals surface area contributed by atoms with Gasteiger partial charge in [0.2, 0.25) is 0 Å². The second-order valence-corrected chi connectivity index (χ2v) is 4.39. The highest BCUT2D eigenvalue weighted by molar-refractivity contribution is 5.74. The van der Waals surface area contributed by atoms with Crippen LogP contribution in [-0.2, 0) is 11.2 Å². The van der Waals surface area contributed by atoms with E-state index in [-0.39, 0.29) is 0 Å². The molecule has 0 heterocycles. The minimum atomic E-state index is -0.771. The number of hydrogen-bond donors (Lipinski definition) is 1. The van der Waals surface area contributed by atoms with Crippen molar-refractivity contribution in [2.75, 3.05) is 14.1 Å². The Morgan fingerprint density at radius 3 is 2.19 bits per heavy atom. The molecular formula is C13H19NO2. The summed E-state index contributed by atoms with van der Waals surface area (Å²) >= 11 is 0. The van der Waals surface area contributed by atoms with Crippen LogP contribution in [0.3, 0.4) is 0 Å². The third-order valence-corrected chi connectivity index (χ3v) is 2.95. The Labute approximate surface area is 96.7 Å². The van der Waals surface area contributed by atoms with Gasteiger partial charge in [-0.2, -0.15) is 0 Å². The van der Waals surface area contributed by atoms with Gasteiger partial charge in [0.25, 0.3) is 0 Å². The molecule has 0 radical (unpaired) electrons. The van der Waals surface area contributed by atoms with Gasteiger partial charge in [-0.25, -0.2) is 0 Å². The lowest BCUT2D eigenvalue weighted by molar-refractivity contribution is -0.142. The van der Waals surface area contributed by atoms with Crippen LogP contribution in [0.2, 0.25) is 0 Å². The van der Waals surface area contributed by atoms with Crippen molar-refractivity contribution in [2.45, 2.75) is 26.3 Å². The van der Waals surface area contributed by atoms with Crippen LogP contribution in [0, 0.1) is 13.8 Å². The molecule has 1 atom stereocenters. The number of carbonyl (C=O) groups is 1. The van der Waals surface area contributed by atoms with E-state index in [0.29, 0.717) is 6.42 Å². The Morgan fingerprint density at radius 2 is 1.81 bits per heavy atom. The monoisotopic (exact) mass is 221 g/mol. The summed E-state index contributed by atoms with van der Waals surface area (Å²) in [7, 11) is 3.60. The summed E-state index contributed by atoms with van der Waals surface area (Å²) in [6.07, 6.45) is 0.556.